The summed E-state index contributed by atoms with van der Waals surface area (Å²) in [6.07, 6.45) is 2.69. The van der Waals surface area contributed by atoms with Gasteiger partial charge in [-0.05, 0) is 25.0 Å². The Kier molecular flexibility index (Phi) is 4.42. The number of anilines is 1. The summed E-state index contributed by atoms with van der Waals surface area (Å²) in [7, 11) is 0. The number of nitrogens with zero attached hydrogens (tertiary/aromatic N) is 3. The smallest absolute Gasteiger partial charge is 0.237 e. The van der Waals surface area contributed by atoms with Gasteiger partial charge in [-0.3, -0.25) is 4.79 Å². The molecule has 2 N–H and O–H groups in total. The van der Waals surface area contributed by atoms with Crippen LogP contribution in [0.3, 0.4) is 0 Å². The van der Waals surface area contributed by atoms with Gasteiger partial charge in [-0.15, -0.1) is 0 Å². The number of carbonyl (C=O) groups is 1. The predicted molar refractivity (Wildman–Crippen MR) is 106 cm³/mol. The van der Waals surface area contributed by atoms with Crippen LogP contribution in [0.4, 0.5) is 5.69 Å². The van der Waals surface area contributed by atoms with Crippen molar-refractivity contribution in [3.63, 3.8) is 0 Å². The number of benzene rings is 2. The summed E-state index contributed by atoms with van der Waals surface area (Å²) in [5.41, 5.74) is 4.06. The van der Waals surface area contributed by atoms with Crippen LogP contribution in [0.1, 0.15) is 12.5 Å². The van der Waals surface area contributed by atoms with Crippen LogP contribution in [-0.4, -0.2) is 27.4 Å². The summed E-state index contributed by atoms with van der Waals surface area (Å²) in [5.74, 6) is 6.42. The van der Waals surface area contributed by atoms with Gasteiger partial charge in [0.2, 0.25) is 5.91 Å². The molecule has 1 amide bonds. The Labute approximate surface area is 156 Å². The van der Waals surface area contributed by atoms with Gasteiger partial charge in [0.05, 0.1) is 17.6 Å². The highest BCUT2D eigenvalue weighted by Gasteiger charge is 2.30. The molecule has 3 aromatic rings. The number of aromatic nitrogens is 2. The number of imidazole rings is 1. The maximum Gasteiger partial charge on any atom is 0.237 e. The summed E-state index contributed by atoms with van der Waals surface area (Å²) in [5, 5.41) is 0.636. The van der Waals surface area contributed by atoms with E-state index in [2.05, 4.69) is 18.0 Å². The molecular weight excluding hydrogens is 344 g/mol. The highest BCUT2D eigenvalue weighted by Crippen LogP contribution is 2.33. The topological polar surface area (TPSA) is 64.2 Å². The lowest BCUT2D eigenvalue weighted by Crippen LogP contribution is -2.37. The van der Waals surface area contributed by atoms with Crippen LogP contribution < -0.4 is 10.7 Å². The first-order valence-electron chi connectivity index (χ1n) is 8.56. The quantitative estimate of drug-likeness (QED) is 0.570. The highest BCUT2D eigenvalue weighted by atomic mass is 32.2. The van der Waals surface area contributed by atoms with Crippen molar-refractivity contribution in [1.29, 1.82) is 0 Å². The Balaban J connectivity index is 1.48. The molecule has 1 aromatic heterocycles. The number of para-hydroxylation sites is 1. The molecule has 2 heterocycles. The average Bonchev–Trinajstić information content (AvgIpc) is 3.19. The third-order valence-electron chi connectivity index (χ3n) is 4.57. The van der Waals surface area contributed by atoms with Gasteiger partial charge in [0.1, 0.15) is 0 Å². The van der Waals surface area contributed by atoms with Crippen LogP contribution in [0, 0.1) is 0 Å². The fourth-order valence-corrected chi connectivity index (χ4v) is 4.13. The molecule has 0 saturated heterocycles. The van der Waals surface area contributed by atoms with Crippen molar-refractivity contribution in [2.75, 3.05) is 16.5 Å². The number of nitrogens with two attached hydrogens (primary N) is 1. The molecule has 132 valence electrons. The van der Waals surface area contributed by atoms with E-state index in [0.717, 1.165) is 23.4 Å². The zero-order valence-corrected chi connectivity index (χ0v) is 15.3. The van der Waals surface area contributed by atoms with Crippen molar-refractivity contribution < 1.29 is 4.79 Å². The van der Waals surface area contributed by atoms with Crippen LogP contribution in [0.15, 0.2) is 66.0 Å². The summed E-state index contributed by atoms with van der Waals surface area (Å²) < 4.78 is 1.49. The van der Waals surface area contributed by atoms with Crippen LogP contribution >= 0.6 is 11.8 Å². The molecule has 5 nitrogen and oxygen atoms in total. The second kappa shape index (κ2) is 6.88. The summed E-state index contributed by atoms with van der Waals surface area (Å²) in [4.78, 5) is 19.3. The number of rotatable bonds is 4. The summed E-state index contributed by atoms with van der Waals surface area (Å²) in [6, 6.07) is 18.2. The van der Waals surface area contributed by atoms with Crippen LogP contribution in [0.5, 0.6) is 0 Å². The molecule has 1 aliphatic heterocycles. The molecule has 0 spiro atoms. The number of hydrogen-bond donors (Lipinski definition) is 1. The second-order valence-corrected chi connectivity index (χ2v) is 7.36. The number of fused-ring (bicyclic) bond motifs is 1. The molecule has 6 heteroatoms. The molecule has 0 saturated carbocycles. The minimum Gasteiger partial charge on any atom is -0.337 e. The van der Waals surface area contributed by atoms with E-state index < -0.39 is 0 Å². The molecule has 0 aliphatic carbocycles. The van der Waals surface area contributed by atoms with Gasteiger partial charge >= 0.3 is 0 Å². The van der Waals surface area contributed by atoms with E-state index in [4.69, 9.17) is 5.84 Å². The van der Waals surface area contributed by atoms with Crippen LogP contribution in [-0.2, 0) is 11.2 Å². The van der Waals surface area contributed by atoms with Gasteiger partial charge < -0.3 is 10.7 Å². The van der Waals surface area contributed by atoms with Gasteiger partial charge in [0.15, 0.2) is 5.16 Å². The van der Waals surface area contributed by atoms with Gasteiger partial charge in [-0.1, -0.05) is 60.3 Å². The predicted octanol–water partition coefficient (Wildman–Crippen LogP) is 3.33. The van der Waals surface area contributed by atoms with E-state index in [9.17, 15) is 4.79 Å². The SMILES string of the molecule is C[C@@H]1Cc2ccccc2N1C(=O)CSc1nc(-c2ccccc2)cn1N. The van der Waals surface area contributed by atoms with E-state index in [1.807, 2.05) is 53.4 Å². The molecule has 1 aliphatic rings. The molecule has 4 rings (SSSR count). The Bertz CT molecular complexity index is 938. The molecule has 0 radical (unpaired) electrons. The molecule has 0 unspecified atom stereocenters. The van der Waals surface area contributed by atoms with Crippen LogP contribution in [0.25, 0.3) is 11.3 Å². The Morgan fingerprint density at radius 3 is 2.73 bits per heavy atom. The number of thioether (sulfide) groups is 1. The second-order valence-electron chi connectivity index (χ2n) is 6.42. The lowest BCUT2D eigenvalue weighted by molar-refractivity contribution is -0.116. The summed E-state index contributed by atoms with van der Waals surface area (Å²) >= 11 is 1.37. The number of nitrogen functional groups attached to an aromatic ring is 1. The summed E-state index contributed by atoms with van der Waals surface area (Å²) in [6.45, 7) is 2.08. The molecule has 0 bridgehead atoms. The van der Waals surface area contributed by atoms with E-state index in [0.29, 0.717) is 10.9 Å². The first kappa shape index (κ1) is 16.7. The Hall–Kier alpha value is -2.73. The van der Waals surface area contributed by atoms with Crippen molar-refractivity contribution in [3.05, 3.63) is 66.4 Å². The van der Waals surface area contributed by atoms with E-state index in [1.165, 1.54) is 22.0 Å². The lowest BCUT2D eigenvalue weighted by Gasteiger charge is -2.22. The fraction of sp³-hybridized carbons (Fsp3) is 0.200. The van der Waals surface area contributed by atoms with E-state index >= 15 is 0 Å². The maximum atomic E-state index is 12.8. The number of hydrogen-bond acceptors (Lipinski definition) is 4. The van der Waals surface area contributed by atoms with Crippen molar-refractivity contribution in [3.8, 4) is 11.3 Å². The van der Waals surface area contributed by atoms with Crippen molar-refractivity contribution >= 4 is 23.4 Å². The normalized spacial score (nSPS) is 15.9. The maximum absolute atomic E-state index is 12.8. The molecule has 0 fully saturated rings. The van der Waals surface area contributed by atoms with Crippen LogP contribution in [0.2, 0.25) is 0 Å². The van der Waals surface area contributed by atoms with Gasteiger partial charge in [-0.25, -0.2) is 9.66 Å². The monoisotopic (exact) mass is 364 g/mol. The average molecular weight is 364 g/mol. The lowest BCUT2D eigenvalue weighted by atomic mass is 10.1. The standard InChI is InChI=1S/C20H20N4OS/c1-14-11-16-9-5-6-10-18(16)24(14)19(25)13-26-20-22-17(12-23(20)21)15-7-3-2-4-8-15/h2-10,12,14H,11,13,21H2,1H3/t14-/m1/s1. The van der Waals surface area contributed by atoms with Gasteiger partial charge in [0, 0.05) is 17.3 Å². The van der Waals surface area contributed by atoms with E-state index in [1.54, 1.807) is 6.20 Å². The molecular formula is C20H20N4OS. The number of amides is 1. The third kappa shape index (κ3) is 3.08. The highest BCUT2D eigenvalue weighted by molar-refractivity contribution is 7.99. The zero-order chi connectivity index (χ0) is 18.1. The van der Waals surface area contributed by atoms with E-state index in [-0.39, 0.29) is 11.9 Å². The largest absolute Gasteiger partial charge is 0.337 e. The molecule has 26 heavy (non-hydrogen) atoms. The third-order valence-corrected chi connectivity index (χ3v) is 5.52. The minimum atomic E-state index is 0.0803. The Morgan fingerprint density at radius 1 is 1.19 bits per heavy atom. The van der Waals surface area contributed by atoms with Crippen molar-refractivity contribution in [1.82, 2.24) is 9.66 Å². The van der Waals surface area contributed by atoms with Gasteiger partial charge in [-0.2, -0.15) is 0 Å². The first-order chi connectivity index (χ1) is 12.6. The van der Waals surface area contributed by atoms with Gasteiger partial charge in [0.25, 0.3) is 0 Å². The molecule has 2 aromatic carbocycles. The fourth-order valence-electron chi connectivity index (χ4n) is 3.37. The number of carbonyl (C=O) groups excluding carboxylic acids is 1. The Morgan fingerprint density at radius 2 is 1.92 bits per heavy atom. The minimum absolute atomic E-state index is 0.0803. The van der Waals surface area contributed by atoms with Crippen molar-refractivity contribution in [2.24, 2.45) is 0 Å². The molecule has 1 atom stereocenters. The van der Waals surface area contributed by atoms with Crippen molar-refractivity contribution in [2.45, 2.75) is 24.5 Å². The zero-order valence-electron chi connectivity index (χ0n) is 14.5. The first-order valence-corrected chi connectivity index (χ1v) is 9.54.